The van der Waals surface area contributed by atoms with Crippen LogP contribution in [0.1, 0.15) is 13.3 Å². The number of hydrogen-bond acceptors (Lipinski definition) is 5. The van der Waals surface area contributed by atoms with Crippen LogP contribution in [0.25, 0.3) is 0 Å². The first-order valence-electron chi connectivity index (χ1n) is 8.26. The molecule has 0 radical (unpaired) electrons. The van der Waals surface area contributed by atoms with Crippen molar-refractivity contribution in [1.29, 1.82) is 0 Å². The Labute approximate surface area is 141 Å². The largest absolute Gasteiger partial charge is 0.482 e. The monoisotopic (exact) mass is 333 g/mol. The number of benzene rings is 1. The molecular formula is C17H23N3O4. The number of para-hydroxylation sites is 2. The van der Waals surface area contributed by atoms with Crippen LogP contribution >= 0.6 is 0 Å². The molecule has 1 saturated heterocycles. The summed E-state index contributed by atoms with van der Waals surface area (Å²) in [4.78, 5) is 27.7. The zero-order valence-electron chi connectivity index (χ0n) is 13.8. The van der Waals surface area contributed by atoms with Gasteiger partial charge in [0.15, 0.2) is 11.5 Å². The summed E-state index contributed by atoms with van der Waals surface area (Å²) in [7, 11) is 0. The molecule has 130 valence electrons. The van der Waals surface area contributed by atoms with Crippen LogP contribution in [0.15, 0.2) is 24.3 Å². The lowest BCUT2D eigenvalue weighted by molar-refractivity contribution is -0.144. The topological polar surface area (TPSA) is 85.1 Å². The lowest BCUT2D eigenvalue weighted by Crippen LogP contribution is -2.51. The Bertz CT molecular complexity index is 622. The third-order valence-electron chi connectivity index (χ3n) is 4.37. The molecule has 0 saturated carbocycles. The summed E-state index contributed by atoms with van der Waals surface area (Å²) >= 11 is 0. The van der Waals surface area contributed by atoms with Crippen molar-refractivity contribution in [3.05, 3.63) is 24.3 Å². The Morgan fingerprint density at radius 3 is 2.54 bits per heavy atom. The van der Waals surface area contributed by atoms with E-state index in [0.29, 0.717) is 31.1 Å². The van der Waals surface area contributed by atoms with Crippen LogP contribution in [0.4, 0.5) is 0 Å². The van der Waals surface area contributed by atoms with Crippen molar-refractivity contribution in [3.8, 4) is 11.5 Å². The average molecular weight is 333 g/mol. The zero-order chi connectivity index (χ0) is 17.1. The van der Waals surface area contributed by atoms with Crippen molar-refractivity contribution < 1.29 is 19.1 Å². The number of carbonyl (C=O) groups is 2. The highest BCUT2D eigenvalue weighted by Crippen LogP contribution is 2.33. The molecule has 1 aromatic rings. The van der Waals surface area contributed by atoms with Crippen LogP contribution in [0, 0.1) is 0 Å². The normalized spacial score (nSPS) is 24.3. The molecule has 7 nitrogen and oxygen atoms in total. The molecule has 0 bridgehead atoms. The Balaban J connectivity index is 1.65. The molecule has 0 spiro atoms. The van der Waals surface area contributed by atoms with Gasteiger partial charge in [0.1, 0.15) is 6.10 Å². The number of carbonyl (C=O) groups excluding carboxylic acids is 2. The van der Waals surface area contributed by atoms with Gasteiger partial charge >= 0.3 is 0 Å². The zero-order valence-corrected chi connectivity index (χ0v) is 13.8. The van der Waals surface area contributed by atoms with Crippen molar-refractivity contribution in [3.63, 3.8) is 0 Å². The first-order chi connectivity index (χ1) is 11.5. The first-order valence-corrected chi connectivity index (χ1v) is 8.26. The molecule has 0 aliphatic carbocycles. The average Bonchev–Trinajstić information content (AvgIpc) is 2.78. The summed E-state index contributed by atoms with van der Waals surface area (Å²) in [6, 6.07) is 7.37. The van der Waals surface area contributed by atoms with Crippen molar-refractivity contribution in [2.24, 2.45) is 5.73 Å². The summed E-state index contributed by atoms with van der Waals surface area (Å²) in [5.74, 6) is 0.846. The minimum atomic E-state index is -0.650. The third-order valence-corrected chi connectivity index (χ3v) is 4.37. The number of nitrogens with two attached hydrogens (primary N) is 1. The van der Waals surface area contributed by atoms with E-state index in [2.05, 4.69) is 0 Å². The van der Waals surface area contributed by atoms with Gasteiger partial charge in [-0.1, -0.05) is 12.1 Å². The predicted molar refractivity (Wildman–Crippen MR) is 87.8 cm³/mol. The molecule has 2 amide bonds. The maximum Gasteiger partial charge on any atom is 0.267 e. The van der Waals surface area contributed by atoms with E-state index in [-0.39, 0.29) is 24.5 Å². The lowest BCUT2D eigenvalue weighted by atomic mass is 10.1. The van der Waals surface area contributed by atoms with E-state index in [4.69, 9.17) is 15.2 Å². The van der Waals surface area contributed by atoms with Gasteiger partial charge in [0.05, 0.1) is 6.54 Å². The molecular weight excluding hydrogens is 310 g/mol. The molecule has 2 N–H and O–H groups in total. The summed E-state index contributed by atoms with van der Waals surface area (Å²) in [6.07, 6.45) is -0.197. The van der Waals surface area contributed by atoms with E-state index in [1.165, 1.54) is 0 Å². The molecule has 7 heteroatoms. The quantitative estimate of drug-likeness (QED) is 0.856. The molecule has 1 aromatic carbocycles. The lowest BCUT2D eigenvalue weighted by Gasteiger charge is -2.34. The Morgan fingerprint density at radius 1 is 1.12 bits per heavy atom. The SMILES string of the molecule is CC1Oc2ccccc2OC1C(=O)N1CCCN(CC(N)=O)CC1. The van der Waals surface area contributed by atoms with Gasteiger partial charge in [-0.3, -0.25) is 14.5 Å². The van der Waals surface area contributed by atoms with Crippen molar-refractivity contribution in [2.45, 2.75) is 25.6 Å². The van der Waals surface area contributed by atoms with Crippen LogP contribution in [-0.2, 0) is 9.59 Å². The molecule has 1 fully saturated rings. The molecule has 2 aliphatic rings. The second-order valence-corrected chi connectivity index (χ2v) is 6.23. The number of primary amides is 1. The molecule has 2 aliphatic heterocycles. The van der Waals surface area contributed by atoms with E-state index in [9.17, 15) is 9.59 Å². The van der Waals surface area contributed by atoms with Gasteiger partial charge in [0, 0.05) is 26.2 Å². The number of rotatable bonds is 3. The summed E-state index contributed by atoms with van der Waals surface area (Å²) in [5.41, 5.74) is 5.25. The van der Waals surface area contributed by atoms with Crippen LogP contribution < -0.4 is 15.2 Å². The highest BCUT2D eigenvalue weighted by Gasteiger charge is 2.37. The minimum absolute atomic E-state index is 0.0714. The fourth-order valence-corrected chi connectivity index (χ4v) is 3.14. The highest BCUT2D eigenvalue weighted by atomic mass is 16.6. The highest BCUT2D eigenvalue weighted by molar-refractivity contribution is 5.82. The van der Waals surface area contributed by atoms with Gasteiger partial charge in [-0.15, -0.1) is 0 Å². The smallest absolute Gasteiger partial charge is 0.267 e. The number of fused-ring (bicyclic) bond motifs is 1. The van der Waals surface area contributed by atoms with E-state index in [1.54, 1.807) is 11.0 Å². The maximum absolute atomic E-state index is 12.9. The van der Waals surface area contributed by atoms with Crippen LogP contribution in [0.2, 0.25) is 0 Å². The van der Waals surface area contributed by atoms with E-state index in [1.807, 2.05) is 30.0 Å². The molecule has 2 atom stereocenters. The summed E-state index contributed by atoms with van der Waals surface area (Å²) in [5, 5.41) is 0. The van der Waals surface area contributed by atoms with Crippen molar-refractivity contribution in [2.75, 3.05) is 32.7 Å². The Morgan fingerprint density at radius 2 is 1.83 bits per heavy atom. The fourth-order valence-electron chi connectivity index (χ4n) is 3.14. The third kappa shape index (κ3) is 3.62. The van der Waals surface area contributed by atoms with Gasteiger partial charge in [-0.2, -0.15) is 0 Å². The van der Waals surface area contributed by atoms with Gasteiger partial charge < -0.3 is 20.1 Å². The van der Waals surface area contributed by atoms with E-state index < -0.39 is 6.10 Å². The number of ether oxygens (including phenoxy) is 2. The standard InChI is InChI=1S/C17H23N3O4/c1-12-16(24-14-6-3-2-5-13(14)23-12)17(22)20-8-4-7-19(9-10-20)11-15(18)21/h2-3,5-6,12,16H,4,7-11H2,1H3,(H2,18,21). The van der Waals surface area contributed by atoms with Gasteiger partial charge in [-0.25, -0.2) is 0 Å². The van der Waals surface area contributed by atoms with Crippen LogP contribution in [0.3, 0.4) is 0 Å². The molecule has 3 rings (SSSR count). The van der Waals surface area contributed by atoms with Gasteiger partial charge in [-0.05, 0) is 25.5 Å². The number of nitrogens with zero attached hydrogens (tertiary/aromatic N) is 2. The second-order valence-electron chi connectivity index (χ2n) is 6.23. The maximum atomic E-state index is 12.9. The van der Waals surface area contributed by atoms with Crippen molar-refractivity contribution >= 4 is 11.8 Å². The van der Waals surface area contributed by atoms with Crippen LogP contribution in [-0.4, -0.2) is 66.5 Å². The Kier molecular flexibility index (Phi) is 4.89. The summed E-state index contributed by atoms with van der Waals surface area (Å²) < 4.78 is 11.7. The molecule has 24 heavy (non-hydrogen) atoms. The van der Waals surface area contributed by atoms with Crippen molar-refractivity contribution in [1.82, 2.24) is 9.80 Å². The first kappa shape index (κ1) is 16.6. The Hall–Kier alpha value is -2.28. The molecule has 2 unspecified atom stereocenters. The second kappa shape index (κ2) is 7.09. The van der Waals surface area contributed by atoms with Gasteiger partial charge in [0.2, 0.25) is 12.0 Å². The molecule has 2 heterocycles. The van der Waals surface area contributed by atoms with E-state index >= 15 is 0 Å². The predicted octanol–water partition coefficient (Wildman–Crippen LogP) is 0.235. The number of amides is 2. The fraction of sp³-hybridized carbons (Fsp3) is 0.529. The van der Waals surface area contributed by atoms with Crippen LogP contribution in [0.5, 0.6) is 11.5 Å². The number of hydrogen-bond donors (Lipinski definition) is 1. The van der Waals surface area contributed by atoms with E-state index in [0.717, 1.165) is 13.0 Å². The minimum Gasteiger partial charge on any atom is -0.482 e. The van der Waals surface area contributed by atoms with Gasteiger partial charge in [0.25, 0.3) is 5.91 Å². The molecule has 0 aromatic heterocycles. The summed E-state index contributed by atoms with van der Waals surface area (Å²) in [6.45, 7) is 4.66.